The molecule has 1 heterocycles. The molecule has 98 valence electrons. The van der Waals surface area contributed by atoms with Crippen LogP contribution in [0.3, 0.4) is 0 Å². The molecule has 0 saturated heterocycles. The summed E-state index contributed by atoms with van der Waals surface area (Å²) in [4.78, 5) is 21.5. The number of aromatic amines is 1. The van der Waals surface area contributed by atoms with E-state index in [4.69, 9.17) is 28.9 Å². The third-order valence-electron chi connectivity index (χ3n) is 2.27. The maximum atomic E-state index is 11.2. The minimum Gasteiger partial charge on any atom is -0.364 e. The molecule has 3 N–H and O–H groups in total. The predicted octanol–water partition coefficient (Wildman–Crippen LogP) is 1.79. The van der Waals surface area contributed by atoms with E-state index in [-0.39, 0.29) is 32.7 Å². The number of nitro benzene ring substituents is 1. The summed E-state index contributed by atoms with van der Waals surface area (Å²) in [5.74, 6) is -0.871. The fourth-order valence-corrected chi connectivity index (χ4v) is 1.79. The Balaban J connectivity index is 2.74. The number of nitrogens with zero attached hydrogens (tertiary/aromatic N) is 3. The first-order chi connectivity index (χ1) is 8.91. The largest absolute Gasteiger partial charge is 0.364 e. The van der Waals surface area contributed by atoms with E-state index in [1.54, 1.807) is 0 Å². The van der Waals surface area contributed by atoms with Crippen molar-refractivity contribution in [3.63, 3.8) is 0 Å². The Bertz CT molecular complexity index is 684. The van der Waals surface area contributed by atoms with E-state index in [0.717, 1.165) is 6.07 Å². The van der Waals surface area contributed by atoms with Crippen molar-refractivity contribution in [3.05, 3.63) is 38.0 Å². The predicted molar refractivity (Wildman–Crippen MR) is 67.0 cm³/mol. The van der Waals surface area contributed by atoms with E-state index in [0.29, 0.717) is 0 Å². The van der Waals surface area contributed by atoms with Crippen LogP contribution in [0.4, 0.5) is 5.69 Å². The number of aromatic nitrogens is 3. The van der Waals surface area contributed by atoms with Gasteiger partial charge in [-0.05, 0) is 6.07 Å². The minimum atomic E-state index is -0.871. The number of nitro groups is 1. The van der Waals surface area contributed by atoms with Crippen LogP contribution >= 0.6 is 23.2 Å². The molecule has 0 bridgehead atoms. The highest BCUT2D eigenvalue weighted by atomic mass is 35.5. The first-order valence-electron chi connectivity index (χ1n) is 4.76. The van der Waals surface area contributed by atoms with Crippen LogP contribution in [0, 0.1) is 10.1 Å². The Labute approximate surface area is 115 Å². The van der Waals surface area contributed by atoms with E-state index >= 15 is 0 Å². The maximum absolute atomic E-state index is 11.2. The van der Waals surface area contributed by atoms with Crippen molar-refractivity contribution in [1.82, 2.24) is 15.4 Å². The van der Waals surface area contributed by atoms with Crippen LogP contribution in [-0.2, 0) is 0 Å². The van der Waals surface area contributed by atoms with Crippen molar-refractivity contribution in [2.75, 3.05) is 0 Å². The number of H-pyrrole nitrogens is 1. The molecule has 1 aromatic carbocycles. The summed E-state index contributed by atoms with van der Waals surface area (Å²) in [5, 5.41) is 20.5. The number of benzene rings is 1. The molecule has 0 radical (unpaired) electrons. The summed E-state index contributed by atoms with van der Waals surface area (Å²) in [5.41, 5.74) is 4.47. The molecule has 0 aliphatic heterocycles. The molecule has 0 saturated carbocycles. The average molecular weight is 302 g/mol. The van der Waals surface area contributed by atoms with Crippen molar-refractivity contribution >= 4 is 34.8 Å². The summed E-state index contributed by atoms with van der Waals surface area (Å²) in [6.45, 7) is 0. The summed E-state index contributed by atoms with van der Waals surface area (Å²) in [6, 6.07) is 2.30. The van der Waals surface area contributed by atoms with Crippen molar-refractivity contribution in [3.8, 4) is 11.3 Å². The van der Waals surface area contributed by atoms with Crippen LogP contribution in [0.25, 0.3) is 11.3 Å². The Hall–Kier alpha value is -2.19. The zero-order chi connectivity index (χ0) is 14.2. The first kappa shape index (κ1) is 13.2. The number of nitrogens with two attached hydrogens (primary N) is 1. The number of nitrogens with one attached hydrogen (secondary N) is 1. The van der Waals surface area contributed by atoms with Gasteiger partial charge in [-0.15, -0.1) is 0 Å². The molecule has 10 heteroatoms. The molecule has 2 rings (SSSR count). The van der Waals surface area contributed by atoms with Gasteiger partial charge in [-0.3, -0.25) is 14.9 Å². The van der Waals surface area contributed by atoms with Gasteiger partial charge in [0.2, 0.25) is 0 Å². The van der Waals surface area contributed by atoms with E-state index in [1.807, 2.05) is 0 Å². The second-order valence-corrected chi connectivity index (χ2v) is 4.24. The number of halogens is 2. The second kappa shape index (κ2) is 4.82. The summed E-state index contributed by atoms with van der Waals surface area (Å²) >= 11 is 11.5. The van der Waals surface area contributed by atoms with Crippen LogP contribution in [-0.4, -0.2) is 26.2 Å². The SMILES string of the molecule is NC(=O)c1n[nH]nc1-c1cc(Cl)c(Cl)cc1[N+](=O)[O-]. The minimum absolute atomic E-state index is 0.00181. The van der Waals surface area contributed by atoms with Crippen LogP contribution in [0.5, 0.6) is 0 Å². The van der Waals surface area contributed by atoms with E-state index < -0.39 is 10.8 Å². The Morgan fingerprint density at radius 1 is 1.32 bits per heavy atom. The van der Waals surface area contributed by atoms with Crippen LogP contribution < -0.4 is 5.73 Å². The lowest BCUT2D eigenvalue weighted by molar-refractivity contribution is -0.384. The van der Waals surface area contributed by atoms with Crippen molar-refractivity contribution in [2.24, 2.45) is 5.73 Å². The molecule has 0 aliphatic carbocycles. The number of rotatable bonds is 3. The van der Waals surface area contributed by atoms with Gasteiger partial charge in [-0.2, -0.15) is 15.4 Å². The van der Waals surface area contributed by atoms with Gasteiger partial charge >= 0.3 is 0 Å². The van der Waals surface area contributed by atoms with Crippen molar-refractivity contribution < 1.29 is 9.72 Å². The van der Waals surface area contributed by atoms with Gasteiger partial charge in [0.05, 0.1) is 20.5 Å². The highest BCUT2D eigenvalue weighted by Gasteiger charge is 2.25. The van der Waals surface area contributed by atoms with Gasteiger partial charge in [0, 0.05) is 6.07 Å². The number of amides is 1. The maximum Gasteiger partial charge on any atom is 0.280 e. The number of primary amides is 1. The van der Waals surface area contributed by atoms with Crippen molar-refractivity contribution in [1.29, 1.82) is 0 Å². The van der Waals surface area contributed by atoms with E-state index in [9.17, 15) is 14.9 Å². The number of hydrogen-bond donors (Lipinski definition) is 2. The highest BCUT2D eigenvalue weighted by molar-refractivity contribution is 6.42. The van der Waals surface area contributed by atoms with Crippen LogP contribution in [0.2, 0.25) is 10.0 Å². The van der Waals surface area contributed by atoms with Crippen LogP contribution in [0.1, 0.15) is 10.5 Å². The van der Waals surface area contributed by atoms with E-state index in [2.05, 4.69) is 15.4 Å². The molecule has 0 spiro atoms. The Morgan fingerprint density at radius 2 is 1.95 bits per heavy atom. The zero-order valence-electron chi connectivity index (χ0n) is 9.05. The molecule has 0 fully saturated rings. The first-order valence-corrected chi connectivity index (χ1v) is 5.51. The molecule has 8 nitrogen and oxygen atoms in total. The second-order valence-electron chi connectivity index (χ2n) is 3.43. The lowest BCUT2D eigenvalue weighted by Gasteiger charge is -2.03. The van der Waals surface area contributed by atoms with Gasteiger partial charge in [0.25, 0.3) is 11.6 Å². The van der Waals surface area contributed by atoms with Gasteiger partial charge in [0.15, 0.2) is 5.69 Å². The fraction of sp³-hybridized carbons (Fsp3) is 0. The number of hydrogen-bond acceptors (Lipinski definition) is 5. The molecule has 2 aromatic rings. The van der Waals surface area contributed by atoms with Gasteiger partial charge in [0.1, 0.15) is 5.69 Å². The Morgan fingerprint density at radius 3 is 2.53 bits per heavy atom. The number of carbonyl (C=O) groups is 1. The summed E-state index contributed by atoms with van der Waals surface area (Å²) in [6.07, 6.45) is 0. The summed E-state index contributed by atoms with van der Waals surface area (Å²) in [7, 11) is 0. The van der Waals surface area contributed by atoms with Gasteiger partial charge in [-0.25, -0.2) is 0 Å². The quantitative estimate of drug-likeness (QED) is 0.659. The van der Waals surface area contributed by atoms with Gasteiger partial charge < -0.3 is 5.73 Å². The normalized spacial score (nSPS) is 10.4. The monoisotopic (exact) mass is 301 g/mol. The average Bonchev–Trinajstić information content (AvgIpc) is 2.80. The molecular formula is C9H5Cl2N5O3. The van der Waals surface area contributed by atoms with Gasteiger partial charge in [-0.1, -0.05) is 23.2 Å². The zero-order valence-corrected chi connectivity index (χ0v) is 10.6. The molecule has 0 unspecified atom stereocenters. The standard InChI is InChI=1S/C9H5Cl2N5O3/c10-4-1-3(6(16(18)19)2-5(4)11)7-8(9(12)17)14-15-13-7/h1-2H,(H2,12,17)(H,13,14,15). The third-order valence-corrected chi connectivity index (χ3v) is 2.99. The lowest BCUT2D eigenvalue weighted by atomic mass is 10.1. The molecule has 0 aliphatic rings. The molecular weight excluding hydrogens is 297 g/mol. The molecule has 0 atom stereocenters. The topological polar surface area (TPSA) is 128 Å². The van der Waals surface area contributed by atoms with E-state index in [1.165, 1.54) is 6.07 Å². The highest BCUT2D eigenvalue weighted by Crippen LogP contribution is 2.36. The Kier molecular flexibility index (Phi) is 3.36. The third kappa shape index (κ3) is 2.35. The summed E-state index contributed by atoms with van der Waals surface area (Å²) < 4.78 is 0. The van der Waals surface area contributed by atoms with Crippen molar-refractivity contribution in [2.45, 2.75) is 0 Å². The number of carbonyl (C=O) groups excluding carboxylic acids is 1. The smallest absolute Gasteiger partial charge is 0.280 e. The van der Waals surface area contributed by atoms with Crippen LogP contribution in [0.15, 0.2) is 12.1 Å². The molecule has 1 amide bonds. The lowest BCUT2D eigenvalue weighted by Crippen LogP contribution is -2.13. The molecule has 1 aromatic heterocycles. The fourth-order valence-electron chi connectivity index (χ4n) is 1.47. The molecule has 19 heavy (non-hydrogen) atoms.